The van der Waals surface area contributed by atoms with Gasteiger partial charge in [-0.3, -0.25) is 4.79 Å². The van der Waals surface area contributed by atoms with E-state index in [1.54, 1.807) is 17.0 Å². The quantitative estimate of drug-likeness (QED) is 0.620. The monoisotopic (exact) mass is 388 g/mol. The molecule has 0 bridgehead atoms. The van der Waals surface area contributed by atoms with Crippen LogP contribution in [0.15, 0.2) is 52.1 Å². The molecular formula is C18H16N2O6S. The number of methoxy groups -OCH3 is 1. The van der Waals surface area contributed by atoms with E-state index in [1.165, 1.54) is 37.8 Å². The van der Waals surface area contributed by atoms with Crippen LogP contribution in [0, 0.1) is 0 Å². The fraction of sp³-hybridized carbons (Fsp3) is 0.222. The number of nitrogens with zero attached hydrogens (tertiary/aromatic N) is 2. The van der Waals surface area contributed by atoms with Crippen molar-refractivity contribution in [2.45, 2.75) is 17.7 Å². The van der Waals surface area contributed by atoms with Crippen LogP contribution in [0.5, 0.6) is 11.5 Å². The molecule has 9 heteroatoms. The Labute approximate surface area is 155 Å². The first-order chi connectivity index (χ1) is 13.0. The number of carbonyl (C=O) groups excluding carboxylic acids is 1. The first-order valence-electron chi connectivity index (χ1n) is 8.24. The third-order valence-corrected chi connectivity index (χ3v) is 5.58. The van der Waals surface area contributed by atoms with Crippen LogP contribution in [0.4, 0.5) is 5.69 Å². The van der Waals surface area contributed by atoms with Crippen molar-refractivity contribution in [3.8, 4) is 11.5 Å². The van der Waals surface area contributed by atoms with Crippen molar-refractivity contribution in [1.82, 2.24) is 4.98 Å². The summed E-state index contributed by atoms with van der Waals surface area (Å²) in [5, 5.41) is 0. The summed E-state index contributed by atoms with van der Waals surface area (Å²) in [6.07, 6.45) is 2.45. The number of benzene rings is 2. The number of hydrogen-bond acceptors (Lipinski definition) is 7. The van der Waals surface area contributed by atoms with Gasteiger partial charge in [-0.05, 0) is 36.8 Å². The van der Waals surface area contributed by atoms with Crippen LogP contribution in [-0.2, 0) is 14.9 Å². The molecule has 140 valence electrons. The van der Waals surface area contributed by atoms with Gasteiger partial charge in [-0.2, -0.15) is 8.42 Å². The van der Waals surface area contributed by atoms with Crippen LogP contribution >= 0.6 is 0 Å². The Kier molecular flexibility index (Phi) is 4.23. The number of hydrogen-bond donors (Lipinski definition) is 0. The largest absolute Gasteiger partial charge is 0.495 e. The van der Waals surface area contributed by atoms with Gasteiger partial charge in [0, 0.05) is 24.7 Å². The second-order valence-electron chi connectivity index (χ2n) is 6.00. The predicted molar refractivity (Wildman–Crippen MR) is 96.4 cm³/mol. The molecule has 1 aromatic heterocycles. The molecule has 3 aromatic rings. The molecule has 0 radical (unpaired) electrons. The van der Waals surface area contributed by atoms with Gasteiger partial charge in [0.25, 0.3) is 0 Å². The Morgan fingerprint density at radius 2 is 2.04 bits per heavy atom. The standard InChI is InChI=1S/C18H16N2O6S/c1-24-16-6-4-12(20-8-2-3-18(20)21)9-17(16)27(22,23)26-13-5-7-15-14(10-13)19-11-25-15/h4-7,9-11H,2-3,8H2,1H3. The summed E-state index contributed by atoms with van der Waals surface area (Å²) >= 11 is 0. The van der Waals surface area contributed by atoms with Crippen molar-refractivity contribution < 1.29 is 26.5 Å². The van der Waals surface area contributed by atoms with Crippen LogP contribution in [-0.4, -0.2) is 33.0 Å². The number of carbonyl (C=O) groups is 1. The molecule has 0 spiro atoms. The zero-order valence-corrected chi connectivity index (χ0v) is 15.2. The van der Waals surface area contributed by atoms with Crippen LogP contribution in [0.25, 0.3) is 11.1 Å². The number of aromatic nitrogens is 1. The molecule has 1 aliphatic rings. The van der Waals surface area contributed by atoms with Crippen LogP contribution in [0.1, 0.15) is 12.8 Å². The lowest BCUT2D eigenvalue weighted by Crippen LogP contribution is -2.24. The van der Waals surface area contributed by atoms with Gasteiger partial charge in [0.2, 0.25) is 5.91 Å². The molecule has 1 saturated heterocycles. The smallest absolute Gasteiger partial charge is 0.343 e. The van der Waals surface area contributed by atoms with E-state index in [0.717, 1.165) is 6.42 Å². The van der Waals surface area contributed by atoms with E-state index in [-0.39, 0.29) is 22.3 Å². The van der Waals surface area contributed by atoms with Gasteiger partial charge in [0.15, 0.2) is 12.0 Å². The lowest BCUT2D eigenvalue weighted by molar-refractivity contribution is -0.117. The fourth-order valence-corrected chi connectivity index (χ4v) is 4.12. The molecule has 2 heterocycles. The molecule has 1 amide bonds. The summed E-state index contributed by atoms with van der Waals surface area (Å²) in [7, 11) is -2.83. The lowest BCUT2D eigenvalue weighted by atomic mass is 10.3. The van der Waals surface area contributed by atoms with Gasteiger partial charge in [-0.1, -0.05) is 0 Å². The number of amides is 1. The number of ether oxygens (including phenoxy) is 1. The van der Waals surface area contributed by atoms with E-state index in [2.05, 4.69) is 4.98 Å². The normalized spacial score (nSPS) is 14.7. The first kappa shape index (κ1) is 17.3. The van der Waals surface area contributed by atoms with E-state index in [9.17, 15) is 13.2 Å². The van der Waals surface area contributed by atoms with Gasteiger partial charge in [-0.25, -0.2) is 4.98 Å². The van der Waals surface area contributed by atoms with Crippen molar-refractivity contribution >= 4 is 32.8 Å². The molecule has 0 N–H and O–H groups in total. The van der Waals surface area contributed by atoms with E-state index in [1.807, 2.05) is 0 Å². The van der Waals surface area contributed by atoms with Crippen molar-refractivity contribution in [2.75, 3.05) is 18.6 Å². The summed E-state index contributed by atoms with van der Waals surface area (Å²) in [5.41, 5.74) is 1.49. The zero-order valence-electron chi connectivity index (χ0n) is 14.4. The minimum Gasteiger partial charge on any atom is -0.495 e. The van der Waals surface area contributed by atoms with Crippen molar-refractivity contribution in [3.63, 3.8) is 0 Å². The Balaban J connectivity index is 1.71. The Morgan fingerprint density at radius 1 is 1.19 bits per heavy atom. The topological polar surface area (TPSA) is 98.9 Å². The van der Waals surface area contributed by atoms with E-state index >= 15 is 0 Å². The highest BCUT2D eigenvalue weighted by molar-refractivity contribution is 7.87. The highest BCUT2D eigenvalue weighted by atomic mass is 32.2. The third-order valence-electron chi connectivity index (χ3n) is 4.31. The molecule has 0 aliphatic carbocycles. The van der Waals surface area contributed by atoms with Crippen LogP contribution in [0.2, 0.25) is 0 Å². The minimum atomic E-state index is -4.20. The SMILES string of the molecule is COc1ccc(N2CCCC2=O)cc1S(=O)(=O)Oc1ccc2ocnc2c1. The molecule has 1 fully saturated rings. The van der Waals surface area contributed by atoms with Crippen LogP contribution in [0.3, 0.4) is 0 Å². The molecule has 0 atom stereocenters. The molecule has 0 saturated carbocycles. The van der Waals surface area contributed by atoms with Gasteiger partial charge in [0.1, 0.15) is 21.9 Å². The summed E-state index contributed by atoms with van der Waals surface area (Å²) in [5.74, 6) is 0.190. The number of fused-ring (bicyclic) bond motifs is 1. The second-order valence-corrected chi connectivity index (χ2v) is 7.52. The van der Waals surface area contributed by atoms with E-state index < -0.39 is 10.1 Å². The molecule has 2 aromatic carbocycles. The maximum Gasteiger partial charge on any atom is 0.343 e. The fourth-order valence-electron chi connectivity index (χ4n) is 3.01. The molecule has 27 heavy (non-hydrogen) atoms. The van der Waals surface area contributed by atoms with Gasteiger partial charge in [-0.15, -0.1) is 0 Å². The molecular weight excluding hydrogens is 372 g/mol. The predicted octanol–water partition coefficient (Wildman–Crippen LogP) is 2.73. The number of rotatable bonds is 5. The van der Waals surface area contributed by atoms with E-state index in [0.29, 0.717) is 29.8 Å². The zero-order chi connectivity index (χ0) is 19.0. The van der Waals surface area contributed by atoms with Crippen LogP contribution < -0.4 is 13.8 Å². The lowest BCUT2D eigenvalue weighted by Gasteiger charge is -2.18. The first-order valence-corrected chi connectivity index (χ1v) is 9.65. The van der Waals surface area contributed by atoms with Crippen molar-refractivity contribution in [2.24, 2.45) is 0 Å². The average molecular weight is 388 g/mol. The van der Waals surface area contributed by atoms with Gasteiger partial charge < -0.3 is 18.2 Å². The summed E-state index contributed by atoms with van der Waals surface area (Å²) in [4.78, 5) is 17.4. The minimum absolute atomic E-state index is 0.0408. The van der Waals surface area contributed by atoms with Gasteiger partial charge >= 0.3 is 10.1 Å². The van der Waals surface area contributed by atoms with Gasteiger partial charge in [0.05, 0.1) is 7.11 Å². The second kappa shape index (κ2) is 6.58. The number of oxazole rings is 1. The number of anilines is 1. The molecule has 4 rings (SSSR count). The molecule has 0 unspecified atom stereocenters. The highest BCUT2D eigenvalue weighted by Crippen LogP contribution is 2.33. The summed E-state index contributed by atoms with van der Waals surface area (Å²) in [6, 6.07) is 9.08. The Morgan fingerprint density at radius 3 is 2.78 bits per heavy atom. The highest BCUT2D eigenvalue weighted by Gasteiger charge is 2.27. The van der Waals surface area contributed by atoms with E-state index in [4.69, 9.17) is 13.3 Å². The maximum absolute atomic E-state index is 12.9. The van der Waals surface area contributed by atoms with Crippen molar-refractivity contribution in [3.05, 3.63) is 42.8 Å². The molecule has 1 aliphatic heterocycles. The third kappa shape index (κ3) is 3.21. The van der Waals surface area contributed by atoms with Crippen molar-refractivity contribution in [1.29, 1.82) is 0 Å². The molecule has 8 nitrogen and oxygen atoms in total. The Hall–Kier alpha value is -3.07. The maximum atomic E-state index is 12.9. The summed E-state index contributed by atoms with van der Waals surface area (Å²) in [6.45, 7) is 0.550. The summed E-state index contributed by atoms with van der Waals surface area (Å²) < 4.78 is 41.3. The average Bonchev–Trinajstić information content (AvgIpc) is 3.29. The Bertz CT molecular complexity index is 1120.